The molecule has 0 saturated carbocycles. The van der Waals surface area contributed by atoms with Crippen LogP contribution in [-0.4, -0.2) is 36.6 Å². The first-order valence-corrected chi connectivity index (χ1v) is 9.45. The summed E-state index contributed by atoms with van der Waals surface area (Å²) in [5, 5.41) is 4.34. The quantitative estimate of drug-likeness (QED) is 0.879. The highest BCUT2D eigenvalue weighted by molar-refractivity contribution is 7.18. The van der Waals surface area contributed by atoms with Crippen LogP contribution in [0.5, 0.6) is 0 Å². The van der Waals surface area contributed by atoms with Crippen LogP contribution in [0.3, 0.4) is 0 Å². The van der Waals surface area contributed by atoms with E-state index in [0.29, 0.717) is 12.5 Å². The largest absolute Gasteiger partial charge is 0.349 e. The molecule has 1 aliphatic rings. The highest BCUT2D eigenvalue weighted by atomic mass is 32.1. The number of thiazole rings is 1. The molecule has 2 N–H and O–H groups in total. The van der Waals surface area contributed by atoms with Gasteiger partial charge in [-0.2, -0.15) is 0 Å². The lowest BCUT2D eigenvalue weighted by molar-refractivity contribution is -0.897. The summed E-state index contributed by atoms with van der Waals surface area (Å²) in [5.74, 6) is 0.751. The molecule has 5 heteroatoms. The van der Waals surface area contributed by atoms with Gasteiger partial charge in [0.05, 0.1) is 28.3 Å². The van der Waals surface area contributed by atoms with Crippen molar-refractivity contribution in [2.75, 3.05) is 19.6 Å². The van der Waals surface area contributed by atoms with Crippen molar-refractivity contribution in [1.29, 1.82) is 0 Å². The third-order valence-corrected chi connectivity index (χ3v) is 5.98. The van der Waals surface area contributed by atoms with E-state index in [-0.39, 0.29) is 11.9 Å². The zero-order valence-corrected chi connectivity index (χ0v) is 14.8. The van der Waals surface area contributed by atoms with E-state index in [2.05, 4.69) is 43.4 Å². The van der Waals surface area contributed by atoms with Crippen molar-refractivity contribution in [1.82, 2.24) is 10.3 Å². The van der Waals surface area contributed by atoms with Crippen molar-refractivity contribution in [3.8, 4) is 0 Å². The van der Waals surface area contributed by atoms with Crippen LogP contribution in [0, 0.1) is 0 Å². The van der Waals surface area contributed by atoms with E-state index >= 15 is 0 Å². The number of benzene rings is 1. The molecule has 1 aromatic heterocycles. The van der Waals surface area contributed by atoms with Gasteiger partial charge < -0.3 is 10.2 Å². The summed E-state index contributed by atoms with van der Waals surface area (Å²) in [4.78, 5) is 18.2. The van der Waals surface area contributed by atoms with Crippen molar-refractivity contribution in [2.45, 2.75) is 45.1 Å². The Morgan fingerprint density at radius 2 is 2.13 bits per heavy atom. The molecule has 2 aromatic rings. The first-order valence-electron chi connectivity index (χ1n) is 8.64. The fraction of sp³-hybridized carbons (Fsp3) is 0.556. The molecule has 0 bridgehead atoms. The molecular formula is C18H26N3OS+. The monoisotopic (exact) mass is 332 g/mol. The number of hydrogen-bond acceptors (Lipinski definition) is 3. The average Bonchev–Trinajstić information content (AvgIpc) is 2.99. The van der Waals surface area contributed by atoms with Crippen LogP contribution < -0.4 is 10.2 Å². The molecule has 3 rings (SSSR count). The fourth-order valence-corrected chi connectivity index (χ4v) is 4.31. The molecule has 1 amide bonds. The van der Waals surface area contributed by atoms with Crippen LogP contribution in [0.15, 0.2) is 24.3 Å². The molecule has 1 saturated heterocycles. The molecule has 0 spiro atoms. The number of piperidine rings is 1. The van der Waals surface area contributed by atoms with Gasteiger partial charge in [0.15, 0.2) is 6.54 Å². The predicted octanol–water partition coefficient (Wildman–Crippen LogP) is 1.97. The molecule has 0 aliphatic carbocycles. The van der Waals surface area contributed by atoms with E-state index in [1.165, 1.54) is 14.6 Å². The van der Waals surface area contributed by atoms with Crippen molar-refractivity contribution in [2.24, 2.45) is 0 Å². The molecule has 0 unspecified atom stereocenters. The van der Waals surface area contributed by atoms with Gasteiger partial charge in [0.25, 0.3) is 5.91 Å². The number of carbonyl (C=O) groups excluding carboxylic acids is 1. The minimum Gasteiger partial charge on any atom is -0.349 e. The van der Waals surface area contributed by atoms with Gasteiger partial charge in [-0.15, -0.1) is 11.3 Å². The van der Waals surface area contributed by atoms with Gasteiger partial charge in [-0.05, 0) is 25.5 Å². The maximum atomic E-state index is 12.0. The molecule has 4 nitrogen and oxygen atoms in total. The van der Waals surface area contributed by atoms with Gasteiger partial charge in [0.1, 0.15) is 0 Å². The Kier molecular flexibility index (Phi) is 5.28. The van der Waals surface area contributed by atoms with E-state index in [9.17, 15) is 4.79 Å². The van der Waals surface area contributed by atoms with Gasteiger partial charge in [0.2, 0.25) is 0 Å². The number of fused-ring (bicyclic) bond motifs is 1. The summed E-state index contributed by atoms with van der Waals surface area (Å²) in [5.41, 5.74) is 1.12. The second-order valence-corrected chi connectivity index (χ2v) is 7.66. The van der Waals surface area contributed by atoms with Crippen LogP contribution in [0.2, 0.25) is 0 Å². The number of quaternary nitrogens is 1. The van der Waals surface area contributed by atoms with Crippen molar-refractivity contribution < 1.29 is 9.69 Å². The SMILES string of the molecule is CC[C@H](C)NC(=O)C[NH+]1CCC(c2nc3ccccc3s2)CC1. The van der Waals surface area contributed by atoms with Crippen molar-refractivity contribution in [3.63, 3.8) is 0 Å². The van der Waals surface area contributed by atoms with Crippen LogP contribution in [0.4, 0.5) is 0 Å². The Morgan fingerprint density at radius 3 is 2.83 bits per heavy atom. The summed E-state index contributed by atoms with van der Waals surface area (Å²) < 4.78 is 1.28. The molecule has 0 radical (unpaired) electrons. The zero-order valence-electron chi connectivity index (χ0n) is 14.0. The van der Waals surface area contributed by atoms with E-state index in [1.807, 2.05) is 11.3 Å². The summed E-state index contributed by atoms with van der Waals surface area (Å²) >= 11 is 1.83. The lowest BCUT2D eigenvalue weighted by Gasteiger charge is -2.28. The molecule has 23 heavy (non-hydrogen) atoms. The van der Waals surface area contributed by atoms with Gasteiger partial charge in [-0.3, -0.25) is 4.79 Å². The van der Waals surface area contributed by atoms with E-state index in [1.54, 1.807) is 0 Å². The third-order valence-electron chi connectivity index (χ3n) is 4.78. The van der Waals surface area contributed by atoms with E-state index < -0.39 is 0 Å². The maximum absolute atomic E-state index is 12.0. The van der Waals surface area contributed by atoms with Crippen LogP contribution in [0.1, 0.15) is 44.0 Å². The van der Waals surface area contributed by atoms with Gasteiger partial charge in [-0.1, -0.05) is 19.1 Å². The number of aromatic nitrogens is 1. The highest BCUT2D eigenvalue weighted by Gasteiger charge is 2.27. The summed E-state index contributed by atoms with van der Waals surface area (Å²) in [7, 11) is 0. The van der Waals surface area contributed by atoms with Crippen LogP contribution >= 0.6 is 11.3 Å². The van der Waals surface area contributed by atoms with Crippen LogP contribution in [-0.2, 0) is 4.79 Å². The molecule has 124 valence electrons. The summed E-state index contributed by atoms with van der Waals surface area (Å²) in [6, 6.07) is 8.65. The Bertz CT molecular complexity index is 628. The average molecular weight is 332 g/mol. The predicted molar refractivity (Wildman–Crippen MR) is 95.1 cm³/mol. The second kappa shape index (κ2) is 7.41. The van der Waals surface area contributed by atoms with Gasteiger partial charge in [-0.25, -0.2) is 4.98 Å². The molecule has 1 aromatic carbocycles. The summed E-state index contributed by atoms with van der Waals surface area (Å²) in [6.45, 7) is 6.90. The van der Waals surface area contributed by atoms with Gasteiger partial charge >= 0.3 is 0 Å². The lowest BCUT2D eigenvalue weighted by Crippen LogP contribution is -3.14. The number of hydrogen-bond donors (Lipinski definition) is 2. The van der Waals surface area contributed by atoms with Crippen molar-refractivity contribution >= 4 is 27.5 Å². The second-order valence-electron chi connectivity index (χ2n) is 6.60. The minimum absolute atomic E-state index is 0.188. The van der Waals surface area contributed by atoms with E-state index in [4.69, 9.17) is 4.98 Å². The normalized spacial score (nSPS) is 22.9. The molecule has 1 aliphatic heterocycles. The zero-order chi connectivity index (χ0) is 16.2. The number of para-hydroxylation sites is 1. The first kappa shape index (κ1) is 16.4. The summed E-state index contributed by atoms with van der Waals surface area (Å²) in [6.07, 6.45) is 3.25. The van der Waals surface area contributed by atoms with Crippen molar-refractivity contribution in [3.05, 3.63) is 29.3 Å². The van der Waals surface area contributed by atoms with Gasteiger partial charge in [0, 0.05) is 24.8 Å². The van der Waals surface area contributed by atoms with Crippen LogP contribution in [0.25, 0.3) is 10.2 Å². The standard InChI is InChI=1S/C18H25N3OS/c1-3-13(2)19-17(22)12-21-10-8-14(9-11-21)18-20-15-6-4-5-7-16(15)23-18/h4-7,13-14H,3,8-12H2,1-2H3,(H,19,22)/p+1/t13-/m0/s1. The number of nitrogens with zero attached hydrogens (tertiary/aromatic N) is 1. The Morgan fingerprint density at radius 1 is 1.39 bits per heavy atom. The molecule has 1 fully saturated rings. The number of carbonyl (C=O) groups is 1. The smallest absolute Gasteiger partial charge is 0.275 e. The lowest BCUT2D eigenvalue weighted by atomic mass is 9.97. The van der Waals surface area contributed by atoms with E-state index in [0.717, 1.165) is 37.9 Å². The molecule has 1 atom stereocenters. The number of amides is 1. The minimum atomic E-state index is 0.188. The topological polar surface area (TPSA) is 46.4 Å². The molecule has 2 heterocycles. The number of rotatable bonds is 5. The Balaban J connectivity index is 1.53. The number of nitrogens with one attached hydrogen (secondary N) is 2. The Labute approximate surface area is 141 Å². The molecular weight excluding hydrogens is 306 g/mol. The third kappa shape index (κ3) is 4.09. The highest BCUT2D eigenvalue weighted by Crippen LogP contribution is 2.31. The fourth-order valence-electron chi connectivity index (χ4n) is 3.17. The first-order chi connectivity index (χ1) is 11.2. The number of likely N-dealkylation sites (tertiary alicyclic amines) is 1. The Hall–Kier alpha value is -1.46. The maximum Gasteiger partial charge on any atom is 0.275 e.